The number of carbonyl (C=O) groups excluding carboxylic acids is 2. The highest BCUT2D eigenvalue weighted by Crippen LogP contribution is 2.20. The summed E-state index contributed by atoms with van der Waals surface area (Å²) >= 11 is 0. The summed E-state index contributed by atoms with van der Waals surface area (Å²) in [5, 5.41) is 0. The van der Waals surface area contributed by atoms with E-state index in [2.05, 4.69) is 10.9 Å². The average molecular weight is 266 g/mol. The quantitative estimate of drug-likeness (QED) is 0.787. The van der Waals surface area contributed by atoms with Gasteiger partial charge in [-0.3, -0.25) is 20.4 Å². The van der Waals surface area contributed by atoms with Crippen molar-refractivity contribution in [1.29, 1.82) is 0 Å². The molecule has 0 radical (unpaired) electrons. The Kier molecular flexibility index (Phi) is 3.90. The van der Waals surface area contributed by atoms with E-state index in [0.717, 1.165) is 12.0 Å². The van der Waals surface area contributed by atoms with Gasteiger partial charge in [-0.05, 0) is 33.6 Å². The van der Waals surface area contributed by atoms with Gasteiger partial charge in [-0.2, -0.15) is 0 Å². The van der Waals surface area contributed by atoms with Gasteiger partial charge in [0.05, 0.1) is 5.56 Å². The van der Waals surface area contributed by atoms with Gasteiger partial charge in [0.2, 0.25) is 0 Å². The lowest BCUT2D eigenvalue weighted by Crippen LogP contribution is -2.46. The smallest absolute Gasteiger partial charge is 0.273 e. The minimum Gasteiger partial charge on any atom is -0.466 e. The number of nitrogens with one attached hydrogen (secondary N) is 2. The molecule has 1 atom stereocenters. The lowest BCUT2D eigenvalue weighted by Gasteiger charge is -2.11. The van der Waals surface area contributed by atoms with E-state index >= 15 is 0 Å². The minimum absolute atomic E-state index is 0.318. The molecule has 1 aliphatic heterocycles. The molecule has 1 aliphatic rings. The van der Waals surface area contributed by atoms with Crippen LogP contribution in [0.3, 0.4) is 0 Å². The van der Waals surface area contributed by atoms with Crippen LogP contribution in [0.15, 0.2) is 4.42 Å². The fraction of sp³-hybridized carbons (Fsp3) is 0.538. The number of hydrogen-bond donors (Lipinski definition) is 2. The molecule has 1 aromatic heterocycles. The zero-order valence-electron chi connectivity index (χ0n) is 11.3. The van der Waals surface area contributed by atoms with Gasteiger partial charge in [0.1, 0.15) is 17.6 Å². The molecule has 1 fully saturated rings. The Labute approximate surface area is 111 Å². The van der Waals surface area contributed by atoms with Crippen LogP contribution in [0.5, 0.6) is 0 Å². The van der Waals surface area contributed by atoms with E-state index in [-0.39, 0.29) is 11.8 Å². The number of furan rings is 1. The first-order chi connectivity index (χ1) is 9.00. The van der Waals surface area contributed by atoms with Crippen molar-refractivity contribution < 1.29 is 18.7 Å². The van der Waals surface area contributed by atoms with Crippen LogP contribution >= 0.6 is 0 Å². The Morgan fingerprint density at radius 3 is 2.42 bits per heavy atom. The standard InChI is InChI=1S/C13H18N2O4/c1-7-8(2)19-9(3)11(7)13(17)15-14-12(16)10-5-4-6-18-10/h10H,4-6H2,1-3H3,(H,14,16)(H,15,17)/t10-/m1/s1. The van der Waals surface area contributed by atoms with Crippen molar-refractivity contribution in [2.45, 2.75) is 39.7 Å². The predicted octanol–water partition coefficient (Wildman–Crippen LogP) is 1.14. The third-order valence-electron chi connectivity index (χ3n) is 3.31. The topological polar surface area (TPSA) is 80.6 Å². The molecule has 2 heterocycles. The Hall–Kier alpha value is -1.82. The van der Waals surface area contributed by atoms with Crippen LogP contribution in [0.2, 0.25) is 0 Å². The number of hydrogen-bond acceptors (Lipinski definition) is 4. The van der Waals surface area contributed by atoms with Crippen molar-refractivity contribution in [3.8, 4) is 0 Å². The molecule has 0 saturated carbocycles. The summed E-state index contributed by atoms with van der Waals surface area (Å²) in [5.74, 6) is 0.548. The molecule has 0 spiro atoms. The summed E-state index contributed by atoms with van der Waals surface area (Å²) < 4.78 is 10.6. The van der Waals surface area contributed by atoms with Crippen molar-refractivity contribution in [2.75, 3.05) is 6.61 Å². The van der Waals surface area contributed by atoms with Crippen molar-refractivity contribution in [1.82, 2.24) is 10.9 Å². The van der Waals surface area contributed by atoms with Gasteiger partial charge in [0.25, 0.3) is 11.8 Å². The largest absolute Gasteiger partial charge is 0.466 e. The maximum absolute atomic E-state index is 12.0. The predicted molar refractivity (Wildman–Crippen MR) is 67.5 cm³/mol. The molecule has 0 aliphatic carbocycles. The molecule has 2 amide bonds. The Morgan fingerprint density at radius 2 is 1.89 bits per heavy atom. The Balaban J connectivity index is 1.95. The van der Waals surface area contributed by atoms with E-state index in [4.69, 9.17) is 9.15 Å². The molecule has 0 bridgehead atoms. The number of amides is 2. The van der Waals surface area contributed by atoms with E-state index < -0.39 is 6.10 Å². The molecule has 0 unspecified atom stereocenters. The third-order valence-corrected chi connectivity index (χ3v) is 3.31. The molecule has 2 rings (SSSR count). The van der Waals surface area contributed by atoms with Crippen LogP contribution in [0.1, 0.15) is 40.3 Å². The zero-order valence-corrected chi connectivity index (χ0v) is 11.3. The molecule has 2 N–H and O–H groups in total. The van der Waals surface area contributed by atoms with Crippen LogP contribution in [0, 0.1) is 20.8 Å². The van der Waals surface area contributed by atoms with Crippen LogP contribution in [0.4, 0.5) is 0 Å². The maximum Gasteiger partial charge on any atom is 0.273 e. The summed E-state index contributed by atoms with van der Waals surface area (Å²) in [5.41, 5.74) is 6.02. The molecular weight excluding hydrogens is 248 g/mol. The van der Waals surface area contributed by atoms with Crippen molar-refractivity contribution >= 4 is 11.8 Å². The summed E-state index contributed by atoms with van der Waals surface area (Å²) in [4.78, 5) is 23.7. The fourth-order valence-corrected chi connectivity index (χ4v) is 2.17. The number of rotatable bonds is 2. The lowest BCUT2D eigenvalue weighted by molar-refractivity contribution is -0.130. The molecule has 1 saturated heterocycles. The highest BCUT2D eigenvalue weighted by Gasteiger charge is 2.25. The summed E-state index contributed by atoms with van der Waals surface area (Å²) in [6.07, 6.45) is 1.09. The zero-order chi connectivity index (χ0) is 14.0. The second-order valence-electron chi connectivity index (χ2n) is 4.66. The summed E-state index contributed by atoms with van der Waals surface area (Å²) in [7, 11) is 0. The van der Waals surface area contributed by atoms with Gasteiger partial charge in [-0.1, -0.05) is 0 Å². The molecule has 6 nitrogen and oxygen atoms in total. The minimum atomic E-state index is -0.464. The Bertz CT molecular complexity index is 501. The summed E-state index contributed by atoms with van der Waals surface area (Å²) in [6, 6.07) is 0. The SMILES string of the molecule is Cc1oc(C)c(C(=O)NNC(=O)[C@H]2CCCO2)c1C. The maximum atomic E-state index is 12.0. The number of aryl methyl sites for hydroxylation is 2. The molecule has 19 heavy (non-hydrogen) atoms. The van der Waals surface area contributed by atoms with Gasteiger partial charge in [0, 0.05) is 12.2 Å². The number of ether oxygens (including phenoxy) is 1. The van der Waals surface area contributed by atoms with Crippen LogP contribution in [-0.4, -0.2) is 24.5 Å². The first-order valence-corrected chi connectivity index (χ1v) is 6.29. The highest BCUT2D eigenvalue weighted by atomic mass is 16.5. The summed E-state index contributed by atoms with van der Waals surface area (Å²) in [6.45, 7) is 5.91. The van der Waals surface area contributed by atoms with Crippen molar-refractivity contribution in [3.05, 3.63) is 22.6 Å². The fourth-order valence-electron chi connectivity index (χ4n) is 2.17. The van der Waals surface area contributed by atoms with Gasteiger partial charge in [-0.15, -0.1) is 0 Å². The number of hydrazine groups is 1. The normalized spacial score (nSPS) is 18.4. The number of carbonyl (C=O) groups is 2. The van der Waals surface area contributed by atoms with Crippen molar-refractivity contribution in [3.63, 3.8) is 0 Å². The van der Waals surface area contributed by atoms with Gasteiger partial charge >= 0.3 is 0 Å². The van der Waals surface area contributed by atoms with Crippen molar-refractivity contribution in [2.24, 2.45) is 0 Å². The van der Waals surface area contributed by atoms with E-state index in [1.165, 1.54) is 0 Å². The second-order valence-corrected chi connectivity index (χ2v) is 4.66. The van der Waals surface area contributed by atoms with E-state index in [0.29, 0.717) is 30.1 Å². The molecule has 1 aromatic rings. The average Bonchev–Trinajstić information content (AvgIpc) is 2.96. The monoisotopic (exact) mass is 266 g/mol. The molecule has 104 valence electrons. The van der Waals surface area contributed by atoms with Crippen LogP contribution < -0.4 is 10.9 Å². The second kappa shape index (κ2) is 5.44. The molecular formula is C13H18N2O4. The van der Waals surface area contributed by atoms with Crippen LogP contribution in [-0.2, 0) is 9.53 Å². The first-order valence-electron chi connectivity index (χ1n) is 6.29. The Morgan fingerprint density at radius 1 is 1.16 bits per heavy atom. The molecule has 0 aromatic carbocycles. The van der Waals surface area contributed by atoms with E-state index in [9.17, 15) is 9.59 Å². The van der Waals surface area contributed by atoms with Gasteiger partial charge in [0.15, 0.2) is 0 Å². The van der Waals surface area contributed by atoms with Gasteiger partial charge < -0.3 is 9.15 Å². The van der Waals surface area contributed by atoms with E-state index in [1.54, 1.807) is 13.8 Å². The highest BCUT2D eigenvalue weighted by molar-refractivity contribution is 5.98. The first kappa shape index (κ1) is 13.6. The van der Waals surface area contributed by atoms with Gasteiger partial charge in [-0.25, -0.2) is 0 Å². The third kappa shape index (κ3) is 2.78. The lowest BCUT2D eigenvalue weighted by atomic mass is 10.1. The van der Waals surface area contributed by atoms with E-state index in [1.807, 2.05) is 6.92 Å². The van der Waals surface area contributed by atoms with Crippen LogP contribution in [0.25, 0.3) is 0 Å². The molecule has 6 heteroatoms.